The molecule has 1 heterocycles. The Kier molecular flexibility index (Phi) is 5.10. The van der Waals surface area contributed by atoms with Crippen molar-refractivity contribution in [1.29, 1.82) is 0 Å². The van der Waals surface area contributed by atoms with Crippen LogP contribution in [0.25, 0.3) is 0 Å². The Hall–Kier alpha value is -0.510. The van der Waals surface area contributed by atoms with Gasteiger partial charge in [-0.1, -0.05) is 36.8 Å². The van der Waals surface area contributed by atoms with Gasteiger partial charge in [-0.3, -0.25) is 0 Å². The third kappa shape index (κ3) is 3.74. The molecule has 0 aliphatic carbocycles. The number of aryl methyl sites for hydroxylation is 1. The molecule has 3 unspecified atom stereocenters. The highest BCUT2D eigenvalue weighted by atomic mass is 32.2. The second kappa shape index (κ2) is 6.60. The van der Waals surface area contributed by atoms with E-state index < -0.39 is 0 Å². The number of ether oxygens (including phenoxy) is 1. The fourth-order valence-corrected chi connectivity index (χ4v) is 3.34. The Morgan fingerprint density at radius 3 is 2.72 bits per heavy atom. The second-order valence-electron chi connectivity index (χ2n) is 5.11. The zero-order valence-corrected chi connectivity index (χ0v) is 12.1. The smallest absolute Gasteiger partial charge is 0.0666 e. The van der Waals surface area contributed by atoms with Crippen LogP contribution in [-0.4, -0.2) is 23.7 Å². The van der Waals surface area contributed by atoms with Crippen LogP contribution in [0.1, 0.15) is 36.9 Å². The van der Waals surface area contributed by atoms with Crippen LogP contribution in [0.2, 0.25) is 0 Å². The van der Waals surface area contributed by atoms with Gasteiger partial charge in [-0.15, -0.1) is 0 Å². The number of hydrogen-bond acceptors (Lipinski definition) is 3. The molecule has 0 amide bonds. The second-order valence-corrected chi connectivity index (χ2v) is 6.52. The predicted octanol–water partition coefficient (Wildman–Crippen LogP) is 3.30. The van der Waals surface area contributed by atoms with Gasteiger partial charge in [0.05, 0.1) is 6.10 Å². The molecule has 0 saturated carbocycles. The maximum Gasteiger partial charge on any atom is 0.0666 e. The molecule has 1 aliphatic rings. The highest BCUT2D eigenvalue weighted by Crippen LogP contribution is 2.27. The molecule has 18 heavy (non-hydrogen) atoms. The number of benzene rings is 1. The monoisotopic (exact) mass is 265 g/mol. The molecule has 1 aliphatic heterocycles. The maximum atomic E-state index is 6.31. The van der Waals surface area contributed by atoms with E-state index in [0.717, 1.165) is 12.4 Å². The van der Waals surface area contributed by atoms with Crippen molar-refractivity contribution in [3.8, 4) is 0 Å². The van der Waals surface area contributed by atoms with E-state index in [9.17, 15) is 0 Å². The molecule has 0 aromatic heterocycles. The fourth-order valence-electron chi connectivity index (χ4n) is 2.20. The summed E-state index contributed by atoms with van der Waals surface area (Å²) in [5, 5.41) is 0.428. The zero-order chi connectivity index (χ0) is 13.0. The molecule has 2 rings (SSSR count). The van der Waals surface area contributed by atoms with E-state index in [0.29, 0.717) is 11.4 Å². The molecule has 2 nitrogen and oxygen atoms in total. The molecule has 0 spiro atoms. The molecule has 100 valence electrons. The standard InChI is InChI=1S/C15H23NOS/c1-11-5-7-13(8-6-11)15(16)12(2)18-10-14-4-3-9-17-14/h5-8,12,14-15H,3-4,9-10,16H2,1-2H3. The Morgan fingerprint density at radius 1 is 1.39 bits per heavy atom. The van der Waals surface area contributed by atoms with Crippen molar-refractivity contribution in [2.75, 3.05) is 12.4 Å². The Bertz CT molecular complexity index is 359. The summed E-state index contributed by atoms with van der Waals surface area (Å²) in [6.45, 7) is 5.25. The first-order valence-electron chi connectivity index (χ1n) is 6.72. The van der Waals surface area contributed by atoms with Crippen LogP contribution in [0.15, 0.2) is 24.3 Å². The predicted molar refractivity (Wildman–Crippen MR) is 79.0 cm³/mol. The summed E-state index contributed by atoms with van der Waals surface area (Å²) in [7, 11) is 0. The summed E-state index contributed by atoms with van der Waals surface area (Å²) >= 11 is 1.93. The number of thioether (sulfide) groups is 1. The average molecular weight is 265 g/mol. The molecule has 1 aromatic carbocycles. The average Bonchev–Trinajstić information content (AvgIpc) is 2.89. The van der Waals surface area contributed by atoms with Crippen molar-refractivity contribution < 1.29 is 4.74 Å². The van der Waals surface area contributed by atoms with Crippen molar-refractivity contribution in [2.24, 2.45) is 5.73 Å². The van der Waals surface area contributed by atoms with Crippen LogP contribution in [0.3, 0.4) is 0 Å². The van der Waals surface area contributed by atoms with Gasteiger partial charge < -0.3 is 10.5 Å². The molecule has 2 N–H and O–H groups in total. The highest BCUT2D eigenvalue weighted by Gasteiger charge is 2.20. The van der Waals surface area contributed by atoms with Crippen LogP contribution in [-0.2, 0) is 4.74 Å². The van der Waals surface area contributed by atoms with Gasteiger partial charge in [0.15, 0.2) is 0 Å². The van der Waals surface area contributed by atoms with Crippen LogP contribution in [0.5, 0.6) is 0 Å². The van der Waals surface area contributed by atoms with E-state index in [1.165, 1.54) is 24.0 Å². The number of hydrogen-bond donors (Lipinski definition) is 1. The van der Waals surface area contributed by atoms with Crippen LogP contribution in [0, 0.1) is 6.92 Å². The minimum Gasteiger partial charge on any atom is -0.377 e. The third-order valence-electron chi connectivity index (χ3n) is 3.54. The first-order valence-corrected chi connectivity index (χ1v) is 7.77. The molecule has 1 saturated heterocycles. The molecule has 0 radical (unpaired) electrons. The van der Waals surface area contributed by atoms with Gasteiger partial charge in [0, 0.05) is 23.7 Å². The summed E-state index contributed by atoms with van der Waals surface area (Å²) in [4.78, 5) is 0. The van der Waals surface area contributed by atoms with Gasteiger partial charge in [-0.2, -0.15) is 11.8 Å². The molecule has 1 aromatic rings. The van der Waals surface area contributed by atoms with Gasteiger partial charge in [0.2, 0.25) is 0 Å². The van der Waals surface area contributed by atoms with Crippen molar-refractivity contribution in [3.05, 3.63) is 35.4 Å². The molecule has 3 atom stereocenters. The van der Waals surface area contributed by atoms with Crippen LogP contribution >= 0.6 is 11.8 Å². The van der Waals surface area contributed by atoms with E-state index >= 15 is 0 Å². The van der Waals surface area contributed by atoms with Crippen molar-refractivity contribution in [1.82, 2.24) is 0 Å². The first kappa shape index (κ1) is 13.9. The minimum absolute atomic E-state index is 0.108. The normalized spacial score (nSPS) is 22.9. The fraction of sp³-hybridized carbons (Fsp3) is 0.600. The van der Waals surface area contributed by atoms with Gasteiger partial charge in [-0.05, 0) is 25.3 Å². The largest absolute Gasteiger partial charge is 0.377 e. The van der Waals surface area contributed by atoms with Gasteiger partial charge in [-0.25, -0.2) is 0 Å². The lowest BCUT2D eigenvalue weighted by Crippen LogP contribution is -2.23. The zero-order valence-electron chi connectivity index (χ0n) is 11.3. The SMILES string of the molecule is Cc1ccc(C(N)C(C)SCC2CCCO2)cc1. The molecule has 1 fully saturated rings. The number of nitrogens with two attached hydrogens (primary N) is 1. The Balaban J connectivity index is 1.83. The lowest BCUT2D eigenvalue weighted by molar-refractivity contribution is 0.128. The Labute approximate surface area is 114 Å². The summed E-state index contributed by atoms with van der Waals surface area (Å²) in [6, 6.07) is 8.66. The van der Waals surface area contributed by atoms with Crippen LogP contribution in [0.4, 0.5) is 0 Å². The van der Waals surface area contributed by atoms with Crippen molar-refractivity contribution >= 4 is 11.8 Å². The summed E-state index contributed by atoms with van der Waals surface area (Å²) in [6.07, 6.45) is 2.87. The quantitative estimate of drug-likeness (QED) is 0.887. The van der Waals surface area contributed by atoms with E-state index in [2.05, 4.69) is 38.1 Å². The van der Waals surface area contributed by atoms with Crippen molar-refractivity contribution in [3.63, 3.8) is 0 Å². The maximum absolute atomic E-state index is 6.31. The van der Waals surface area contributed by atoms with Crippen molar-refractivity contribution in [2.45, 2.75) is 44.1 Å². The molecule has 0 bridgehead atoms. The summed E-state index contributed by atoms with van der Waals surface area (Å²) in [5.74, 6) is 1.07. The number of rotatable bonds is 5. The molecular formula is C15H23NOS. The topological polar surface area (TPSA) is 35.2 Å². The minimum atomic E-state index is 0.108. The van der Waals surface area contributed by atoms with E-state index in [4.69, 9.17) is 10.5 Å². The third-order valence-corrected chi connectivity index (χ3v) is 4.92. The van der Waals surface area contributed by atoms with Gasteiger partial charge in [0.1, 0.15) is 0 Å². The van der Waals surface area contributed by atoms with Crippen LogP contribution < -0.4 is 5.73 Å². The van der Waals surface area contributed by atoms with Gasteiger partial charge in [0.25, 0.3) is 0 Å². The molecule has 3 heteroatoms. The summed E-state index contributed by atoms with van der Waals surface area (Å²) in [5.41, 5.74) is 8.82. The van der Waals surface area contributed by atoms with E-state index in [-0.39, 0.29) is 6.04 Å². The van der Waals surface area contributed by atoms with E-state index in [1.807, 2.05) is 11.8 Å². The first-order chi connectivity index (χ1) is 8.66. The lowest BCUT2D eigenvalue weighted by Gasteiger charge is -2.21. The Morgan fingerprint density at radius 2 is 2.11 bits per heavy atom. The van der Waals surface area contributed by atoms with Gasteiger partial charge >= 0.3 is 0 Å². The highest BCUT2D eigenvalue weighted by molar-refractivity contribution is 7.99. The summed E-state index contributed by atoms with van der Waals surface area (Å²) < 4.78 is 5.64. The molecular weight excluding hydrogens is 242 g/mol. The lowest BCUT2D eigenvalue weighted by atomic mass is 10.0. The van der Waals surface area contributed by atoms with E-state index in [1.54, 1.807) is 0 Å².